The Labute approximate surface area is 126 Å². The van der Waals surface area contributed by atoms with Crippen molar-refractivity contribution in [3.05, 3.63) is 41.7 Å². The van der Waals surface area contributed by atoms with Gasteiger partial charge in [0.15, 0.2) is 0 Å². The van der Waals surface area contributed by atoms with E-state index in [4.69, 9.17) is 4.42 Å². The van der Waals surface area contributed by atoms with Crippen molar-refractivity contribution in [2.75, 3.05) is 18.5 Å². The van der Waals surface area contributed by atoms with Crippen LogP contribution in [0.4, 0.5) is 5.82 Å². The second-order valence-electron chi connectivity index (χ2n) is 5.75. The van der Waals surface area contributed by atoms with Gasteiger partial charge in [-0.05, 0) is 25.5 Å². The summed E-state index contributed by atoms with van der Waals surface area (Å²) in [4.78, 5) is 11.0. The van der Waals surface area contributed by atoms with Crippen LogP contribution in [0.25, 0.3) is 0 Å². The van der Waals surface area contributed by atoms with Crippen LogP contribution in [0.1, 0.15) is 30.9 Å². The van der Waals surface area contributed by atoms with Crippen LogP contribution >= 0.6 is 0 Å². The molecule has 0 aliphatic rings. The molecule has 0 saturated heterocycles. The summed E-state index contributed by atoms with van der Waals surface area (Å²) in [5, 5.41) is 3.39. The molecule has 5 nitrogen and oxygen atoms in total. The molecule has 0 radical (unpaired) electrons. The lowest BCUT2D eigenvalue weighted by molar-refractivity contribution is 0.529. The molecule has 0 bridgehead atoms. The minimum atomic E-state index is 0.632. The fourth-order valence-corrected chi connectivity index (χ4v) is 2.06. The lowest BCUT2D eigenvalue weighted by Gasteiger charge is -2.18. The van der Waals surface area contributed by atoms with Crippen molar-refractivity contribution in [2.45, 2.75) is 33.9 Å². The lowest BCUT2D eigenvalue weighted by atomic mass is 10.2. The van der Waals surface area contributed by atoms with Gasteiger partial charge >= 0.3 is 0 Å². The van der Waals surface area contributed by atoms with Gasteiger partial charge in [-0.15, -0.1) is 0 Å². The summed E-state index contributed by atoms with van der Waals surface area (Å²) in [6.07, 6.45) is 5.32. The predicted molar refractivity (Wildman–Crippen MR) is 84.1 cm³/mol. The second kappa shape index (κ2) is 7.22. The van der Waals surface area contributed by atoms with E-state index < -0.39 is 0 Å². The van der Waals surface area contributed by atoms with Gasteiger partial charge in [0.1, 0.15) is 11.6 Å². The van der Waals surface area contributed by atoms with Crippen LogP contribution in [0.3, 0.4) is 0 Å². The molecule has 0 fully saturated rings. The molecule has 0 saturated carbocycles. The van der Waals surface area contributed by atoms with Gasteiger partial charge in [-0.3, -0.25) is 4.98 Å². The average Bonchev–Trinajstić information content (AvgIpc) is 2.84. The zero-order valence-corrected chi connectivity index (χ0v) is 13.3. The van der Waals surface area contributed by atoms with E-state index >= 15 is 0 Å². The van der Waals surface area contributed by atoms with E-state index in [1.165, 1.54) is 5.56 Å². The van der Waals surface area contributed by atoms with Crippen molar-refractivity contribution >= 4 is 5.82 Å². The van der Waals surface area contributed by atoms with Gasteiger partial charge in [0.05, 0.1) is 18.2 Å². The van der Waals surface area contributed by atoms with Crippen LogP contribution in [-0.2, 0) is 13.1 Å². The maximum absolute atomic E-state index is 5.33. The highest BCUT2D eigenvalue weighted by Crippen LogP contribution is 2.15. The Balaban J connectivity index is 1.97. The van der Waals surface area contributed by atoms with E-state index in [2.05, 4.69) is 34.0 Å². The minimum absolute atomic E-state index is 0.632. The smallest absolute Gasteiger partial charge is 0.147 e. The molecule has 0 unspecified atom stereocenters. The molecule has 0 spiro atoms. The summed E-state index contributed by atoms with van der Waals surface area (Å²) >= 11 is 0. The molecule has 114 valence electrons. The number of nitrogens with one attached hydrogen (secondary N) is 1. The standard InChI is InChI=1S/C16H24N4O/c1-12(2)7-17-8-15-9-18-10-16(19-15)20(4)11-14-5-6-21-13(14)3/h5-6,9-10,12,17H,7-8,11H2,1-4H3. The quantitative estimate of drug-likeness (QED) is 0.849. The lowest BCUT2D eigenvalue weighted by Crippen LogP contribution is -2.22. The Morgan fingerprint density at radius 1 is 1.33 bits per heavy atom. The molecule has 0 aliphatic carbocycles. The van der Waals surface area contributed by atoms with Gasteiger partial charge in [0.25, 0.3) is 0 Å². The zero-order chi connectivity index (χ0) is 15.2. The largest absolute Gasteiger partial charge is 0.469 e. The zero-order valence-electron chi connectivity index (χ0n) is 13.3. The molecule has 2 aromatic rings. The van der Waals surface area contributed by atoms with E-state index in [-0.39, 0.29) is 0 Å². The predicted octanol–water partition coefficient (Wildman–Crippen LogP) is 2.76. The number of hydrogen-bond acceptors (Lipinski definition) is 5. The molecule has 21 heavy (non-hydrogen) atoms. The number of rotatable bonds is 7. The summed E-state index contributed by atoms with van der Waals surface area (Å²) in [5.74, 6) is 2.46. The van der Waals surface area contributed by atoms with Crippen molar-refractivity contribution in [3.8, 4) is 0 Å². The van der Waals surface area contributed by atoms with Gasteiger partial charge in [0, 0.05) is 31.9 Å². The third kappa shape index (κ3) is 4.56. The Morgan fingerprint density at radius 2 is 2.14 bits per heavy atom. The maximum atomic E-state index is 5.33. The highest BCUT2D eigenvalue weighted by Gasteiger charge is 2.08. The van der Waals surface area contributed by atoms with Crippen molar-refractivity contribution < 1.29 is 4.42 Å². The molecule has 2 rings (SSSR count). The van der Waals surface area contributed by atoms with Crippen LogP contribution in [0.2, 0.25) is 0 Å². The molecule has 0 aliphatic heterocycles. The summed E-state index contributed by atoms with van der Waals surface area (Å²) in [5.41, 5.74) is 2.13. The number of aryl methyl sites for hydroxylation is 1. The summed E-state index contributed by atoms with van der Waals surface area (Å²) in [6.45, 7) is 8.85. The molecule has 0 atom stereocenters. The SMILES string of the molecule is Cc1occc1CN(C)c1cncc(CNCC(C)C)n1. The van der Waals surface area contributed by atoms with Crippen molar-refractivity contribution in [2.24, 2.45) is 5.92 Å². The van der Waals surface area contributed by atoms with Crippen LogP contribution in [-0.4, -0.2) is 23.6 Å². The van der Waals surface area contributed by atoms with Gasteiger partial charge in [0.2, 0.25) is 0 Å². The van der Waals surface area contributed by atoms with Crippen LogP contribution in [0.15, 0.2) is 29.1 Å². The van der Waals surface area contributed by atoms with Crippen molar-refractivity contribution in [1.82, 2.24) is 15.3 Å². The third-order valence-electron chi connectivity index (χ3n) is 3.30. The number of nitrogens with zero attached hydrogens (tertiary/aromatic N) is 3. The first-order chi connectivity index (χ1) is 10.1. The van der Waals surface area contributed by atoms with Gasteiger partial charge in [-0.2, -0.15) is 0 Å². The Bertz CT molecular complexity index is 565. The monoisotopic (exact) mass is 288 g/mol. The number of aromatic nitrogens is 2. The molecule has 5 heteroatoms. The van der Waals surface area contributed by atoms with E-state index in [0.717, 1.165) is 36.9 Å². The second-order valence-corrected chi connectivity index (χ2v) is 5.75. The Morgan fingerprint density at radius 3 is 2.81 bits per heavy atom. The fourth-order valence-electron chi connectivity index (χ4n) is 2.06. The summed E-state index contributed by atoms with van der Waals surface area (Å²) in [6, 6.07) is 1.99. The Hall–Kier alpha value is -1.88. The maximum Gasteiger partial charge on any atom is 0.147 e. The summed E-state index contributed by atoms with van der Waals surface area (Å²) in [7, 11) is 2.02. The van der Waals surface area contributed by atoms with Gasteiger partial charge < -0.3 is 14.6 Å². The first-order valence-electron chi connectivity index (χ1n) is 7.32. The summed E-state index contributed by atoms with van der Waals surface area (Å²) < 4.78 is 5.33. The van der Waals surface area contributed by atoms with Crippen LogP contribution < -0.4 is 10.2 Å². The number of furan rings is 1. The molecule has 1 N–H and O–H groups in total. The van der Waals surface area contributed by atoms with Gasteiger partial charge in [-0.25, -0.2) is 4.98 Å². The van der Waals surface area contributed by atoms with Crippen LogP contribution in [0.5, 0.6) is 0 Å². The molecule has 0 aromatic carbocycles. The molecular formula is C16H24N4O. The molecule has 0 amide bonds. The van der Waals surface area contributed by atoms with Crippen LogP contribution in [0, 0.1) is 12.8 Å². The fraction of sp³-hybridized carbons (Fsp3) is 0.500. The number of hydrogen-bond donors (Lipinski definition) is 1. The normalized spacial score (nSPS) is 11.1. The molecule has 2 aromatic heterocycles. The van der Waals surface area contributed by atoms with E-state index in [1.807, 2.05) is 26.2 Å². The highest BCUT2D eigenvalue weighted by molar-refractivity contribution is 5.37. The van der Waals surface area contributed by atoms with E-state index in [0.29, 0.717) is 5.92 Å². The highest BCUT2D eigenvalue weighted by atomic mass is 16.3. The van der Waals surface area contributed by atoms with E-state index in [9.17, 15) is 0 Å². The van der Waals surface area contributed by atoms with E-state index in [1.54, 1.807) is 12.5 Å². The topological polar surface area (TPSA) is 54.2 Å². The molecule has 2 heterocycles. The van der Waals surface area contributed by atoms with Crippen molar-refractivity contribution in [3.63, 3.8) is 0 Å². The first kappa shape index (κ1) is 15.5. The Kier molecular flexibility index (Phi) is 5.33. The minimum Gasteiger partial charge on any atom is -0.469 e. The first-order valence-corrected chi connectivity index (χ1v) is 7.32. The average molecular weight is 288 g/mol. The van der Waals surface area contributed by atoms with Crippen molar-refractivity contribution in [1.29, 1.82) is 0 Å². The number of anilines is 1. The molecular weight excluding hydrogens is 264 g/mol. The van der Waals surface area contributed by atoms with Gasteiger partial charge in [-0.1, -0.05) is 13.8 Å². The third-order valence-corrected chi connectivity index (χ3v) is 3.30.